The van der Waals surface area contributed by atoms with E-state index in [0.717, 1.165) is 18.3 Å². The molecular weight excluding hydrogens is 364 g/mol. The zero-order valence-corrected chi connectivity index (χ0v) is 21.0. The second-order valence-electron chi connectivity index (χ2n) is 14.4. The maximum absolute atomic E-state index is 10.6. The van der Waals surface area contributed by atoms with Crippen LogP contribution in [0, 0.1) is 50.7 Å². The third kappa shape index (κ3) is 2.63. The summed E-state index contributed by atoms with van der Waals surface area (Å²) in [6.45, 7) is 18.0. The van der Waals surface area contributed by atoms with Crippen LogP contribution < -0.4 is 0 Å². The Labute approximate surface area is 186 Å². The highest BCUT2D eigenvalue weighted by atomic mass is 16.3. The van der Waals surface area contributed by atoms with E-state index in [2.05, 4.69) is 54.5 Å². The van der Waals surface area contributed by atoms with Gasteiger partial charge in [-0.05, 0) is 115 Å². The van der Waals surface area contributed by atoms with Crippen LogP contribution in [0.15, 0.2) is 11.6 Å². The van der Waals surface area contributed by atoms with Gasteiger partial charge in [0.15, 0.2) is 0 Å². The van der Waals surface area contributed by atoms with E-state index in [4.69, 9.17) is 0 Å². The zero-order chi connectivity index (χ0) is 21.7. The molecular formula is C29H48O. The van der Waals surface area contributed by atoms with Crippen molar-refractivity contribution in [2.45, 2.75) is 119 Å². The summed E-state index contributed by atoms with van der Waals surface area (Å²) in [4.78, 5) is 0. The summed E-state index contributed by atoms with van der Waals surface area (Å²) >= 11 is 0. The van der Waals surface area contributed by atoms with E-state index in [1.165, 1.54) is 57.8 Å². The molecule has 0 saturated heterocycles. The van der Waals surface area contributed by atoms with Gasteiger partial charge in [0, 0.05) is 0 Å². The van der Waals surface area contributed by atoms with Gasteiger partial charge in [0.2, 0.25) is 0 Å². The van der Waals surface area contributed by atoms with E-state index in [-0.39, 0.29) is 6.10 Å². The molecule has 0 heterocycles. The van der Waals surface area contributed by atoms with Crippen LogP contribution in [0.4, 0.5) is 0 Å². The standard InChI is InChI=1S/C29H48O/c1-19-20-10-13-29(7)24(27(20,5)12-11-23(19)30)9-8-21-22-18-25(2,3)14-15-26(22,4)16-17-28(21,29)6/h8,19-20,22-24,30H,9-18H2,1-7H3/t19-,20-,22-,23-,24+,26+,27-,28+,29+/m0/s1. The first-order valence-corrected chi connectivity index (χ1v) is 13.3. The fourth-order valence-corrected chi connectivity index (χ4v) is 10.1. The van der Waals surface area contributed by atoms with Gasteiger partial charge >= 0.3 is 0 Å². The third-order valence-corrected chi connectivity index (χ3v) is 12.6. The lowest BCUT2D eigenvalue weighted by Crippen LogP contribution is -2.62. The Hall–Kier alpha value is -0.300. The molecule has 30 heavy (non-hydrogen) atoms. The van der Waals surface area contributed by atoms with Gasteiger partial charge in [0.05, 0.1) is 6.10 Å². The van der Waals surface area contributed by atoms with Crippen LogP contribution in [0.2, 0.25) is 0 Å². The Balaban J connectivity index is 1.56. The van der Waals surface area contributed by atoms with E-state index in [1.54, 1.807) is 0 Å². The maximum atomic E-state index is 10.6. The Kier molecular flexibility index (Phi) is 4.59. The van der Waals surface area contributed by atoms with Crippen molar-refractivity contribution in [2.75, 3.05) is 0 Å². The van der Waals surface area contributed by atoms with Crippen molar-refractivity contribution < 1.29 is 5.11 Å². The maximum Gasteiger partial charge on any atom is 0.0568 e. The fourth-order valence-electron chi connectivity index (χ4n) is 10.1. The van der Waals surface area contributed by atoms with Crippen molar-refractivity contribution in [2.24, 2.45) is 50.7 Å². The molecule has 9 atom stereocenters. The minimum atomic E-state index is -0.0717. The Bertz CT molecular complexity index is 749. The van der Waals surface area contributed by atoms with Crippen LogP contribution >= 0.6 is 0 Å². The second-order valence-corrected chi connectivity index (χ2v) is 14.4. The number of rotatable bonds is 0. The molecule has 170 valence electrons. The largest absolute Gasteiger partial charge is 0.393 e. The van der Waals surface area contributed by atoms with Crippen molar-refractivity contribution >= 4 is 0 Å². The smallest absolute Gasteiger partial charge is 0.0568 e. The predicted octanol–water partition coefficient (Wildman–Crippen LogP) is 7.78. The quantitative estimate of drug-likeness (QED) is 0.403. The summed E-state index contributed by atoms with van der Waals surface area (Å²) in [7, 11) is 0. The molecule has 4 saturated carbocycles. The molecule has 0 aromatic carbocycles. The molecule has 5 aliphatic rings. The topological polar surface area (TPSA) is 20.2 Å². The van der Waals surface area contributed by atoms with Crippen molar-refractivity contribution in [1.82, 2.24) is 0 Å². The summed E-state index contributed by atoms with van der Waals surface area (Å²) in [6.07, 6.45) is 16.0. The summed E-state index contributed by atoms with van der Waals surface area (Å²) < 4.78 is 0. The highest BCUT2D eigenvalue weighted by molar-refractivity contribution is 5.33. The van der Waals surface area contributed by atoms with E-state index in [1.807, 2.05) is 5.57 Å². The van der Waals surface area contributed by atoms with Crippen LogP contribution in [0.1, 0.15) is 113 Å². The molecule has 0 spiro atoms. The lowest BCUT2D eigenvalue weighted by atomic mass is 9.34. The van der Waals surface area contributed by atoms with Gasteiger partial charge in [-0.25, -0.2) is 0 Å². The number of fused-ring (bicyclic) bond motifs is 7. The van der Waals surface area contributed by atoms with Gasteiger partial charge in [-0.15, -0.1) is 0 Å². The highest BCUT2D eigenvalue weighted by Gasteiger charge is 2.66. The van der Waals surface area contributed by atoms with Crippen LogP contribution in [-0.2, 0) is 0 Å². The summed E-state index contributed by atoms with van der Waals surface area (Å²) in [5.41, 5.74) is 4.12. The highest BCUT2D eigenvalue weighted by Crippen LogP contribution is 2.74. The number of hydrogen-bond acceptors (Lipinski definition) is 1. The van der Waals surface area contributed by atoms with Crippen molar-refractivity contribution in [1.29, 1.82) is 0 Å². The van der Waals surface area contributed by atoms with E-state index in [9.17, 15) is 5.11 Å². The van der Waals surface area contributed by atoms with Gasteiger partial charge in [0.25, 0.3) is 0 Å². The molecule has 0 amide bonds. The van der Waals surface area contributed by atoms with E-state index < -0.39 is 0 Å². The minimum Gasteiger partial charge on any atom is -0.393 e. The molecule has 0 aromatic heterocycles. The molecule has 0 radical (unpaired) electrons. The van der Waals surface area contributed by atoms with Crippen LogP contribution in [-0.4, -0.2) is 11.2 Å². The molecule has 1 nitrogen and oxygen atoms in total. The average Bonchev–Trinajstić information content (AvgIpc) is 2.67. The number of hydrogen-bond donors (Lipinski definition) is 1. The van der Waals surface area contributed by atoms with Crippen LogP contribution in [0.5, 0.6) is 0 Å². The Morgan fingerprint density at radius 2 is 1.57 bits per heavy atom. The molecule has 0 aliphatic heterocycles. The van der Waals surface area contributed by atoms with Crippen molar-refractivity contribution in [3.05, 3.63) is 11.6 Å². The lowest BCUT2D eigenvalue weighted by molar-refractivity contribution is -0.179. The Morgan fingerprint density at radius 1 is 0.867 bits per heavy atom. The molecule has 5 aliphatic carbocycles. The SMILES string of the molecule is C[C@@H]1[C@@H](O)CC[C@]2(C)[C@H]3CC=C4[C@@H]5CC(C)(C)CC[C@]5(C)CC[C@@]4(C)[C@]3(C)CC[C@@H]12. The van der Waals surface area contributed by atoms with Gasteiger partial charge in [-0.3, -0.25) is 0 Å². The van der Waals surface area contributed by atoms with Crippen molar-refractivity contribution in [3.63, 3.8) is 0 Å². The van der Waals surface area contributed by atoms with E-state index >= 15 is 0 Å². The van der Waals surface area contributed by atoms with Gasteiger partial charge in [-0.1, -0.05) is 60.1 Å². The summed E-state index contributed by atoms with van der Waals surface area (Å²) in [5.74, 6) is 2.77. The average molecular weight is 413 g/mol. The molecule has 0 bridgehead atoms. The first-order valence-electron chi connectivity index (χ1n) is 13.3. The summed E-state index contributed by atoms with van der Waals surface area (Å²) in [5, 5.41) is 10.6. The molecule has 1 heteroatoms. The third-order valence-electron chi connectivity index (χ3n) is 12.6. The minimum absolute atomic E-state index is 0.0717. The van der Waals surface area contributed by atoms with Crippen molar-refractivity contribution in [3.8, 4) is 0 Å². The van der Waals surface area contributed by atoms with Crippen LogP contribution in [0.25, 0.3) is 0 Å². The molecule has 0 aromatic rings. The monoisotopic (exact) mass is 412 g/mol. The number of aliphatic hydroxyl groups excluding tert-OH is 1. The first-order chi connectivity index (χ1) is 13.9. The Morgan fingerprint density at radius 3 is 2.30 bits per heavy atom. The first kappa shape index (κ1) is 21.5. The lowest BCUT2D eigenvalue weighted by Gasteiger charge is -2.70. The van der Waals surface area contributed by atoms with Gasteiger partial charge in [0.1, 0.15) is 0 Å². The van der Waals surface area contributed by atoms with Gasteiger partial charge in [-0.2, -0.15) is 0 Å². The second kappa shape index (κ2) is 6.39. The molecule has 0 unspecified atom stereocenters. The number of allylic oxidation sites excluding steroid dienone is 2. The van der Waals surface area contributed by atoms with Crippen LogP contribution in [0.3, 0.4) is 0 Å². The number of aliphatic hydroxyl groups is 1. The molecule has 5 rings (SSSR count). The normalized spacial score (nSPS) is 57.3. The zero-order valence-electron chi connectivity index (χ0n) is 21.0. The predicted molar refractivity (Wildman–Crippen MR) is 126 cm³/mol. The van der Waals surface area contributed by atoms with E-state index in [0.29, 0.717) is 38.9 Å². The van der Waals surface area contributed by atoms with Gasteiger partial charge < -0.3 is 5.11 Å². The molecule has 1 N–H and O–H groups in total. The summed E-state index contributed by atoms with van der Waals surface area (Å²) in [6, 6.07) is 0. The molecule has 4 fully saturated rings. The fraction of sp³-hybridized carbons (Fsp3) is 0.931.